The molecule has 8 heteroatoms. The van der Waals surface area contributed by atoms with Crippen LogP contribution in [0.15, 0.2) is 23.1 Å². The summed E-state index contributed by atoms with van der Waals surface area (Å²) < 4.78 is 31.6. The van der Waals surface area contributed by atoms with Gasteiger partial charge in [0.05, 0.1) is 7.11 Å². The van der Waals surface area contributed by atoms with Gasteiger partial charge in [-0.1, -0.05) is 11.6 Å². The van der Waals surface area contributed by atoms with Crippen LogP contribution in [0.4, 0.5) is 0 Å². The minimum Gasteiger partial charge on any atom is -0.550 e. The Balaban J connectivity index is 2.27. The van der Waals surface area contributed by atoms with Crippen LogP contribution in [0.1, 0.15) is 12.8 Å². The lowest BCUT2D eigenvalue weighted by molar-refractivity contribution is -0.312. The fourth-order valence-electron chi connectivity index (χ4n) is 2.32. The number of hydrogen-bond acceptors (Lipinski definition) is 5. The minimum absolute atomic E-state index is 0.00981. The maximum Gasteiger partial charge on any atom is 0.246 e. The van der Waals surface area contributed by atoms with Gasteiger partial charge in [-0.05, 0) is 31.0 Å². The van der Waals surface area contributed by atoms with E-state index in [0.29, 0.717) is 5.02 Å². The van der Waals surface area contributed by atoms with Crippen LogP contribution in [0.3, 0.4) is 0 Å². The van der Waals surface area contributed by atoms with Crippen LogP contribution < -0.4 is 9.84 Å². The highest BCUT2D eigenvalue weighted by molar-refractivity contribution is 7.89. The number of sulfonamides is 1. The first-order chi connectivity index (χ1) is 9.86. The van der Waals surface area contributed by atoms with Crippen LogP contribution in [-0.4, -0.2) is 38.9 Å². The first kappa shape index (κ1) is 16.1. The number of ether oxygens (including phenoxy) is 1. The Morgan fingerprint density at radius 2 is 2.00 bits per heavy atom. The molecule has 1 fully saturated rings. The summed E-state index contributed by atoms with van der Waals surface area (Å²) in [4.78, 5) is 10.8. The van der Waals surface area contributed by atoms with Crippen molar-refractivity contribution in [2.24, 2.45) is 5.92 Å². The van der Waals surface area contributed by atoms with Gasteiger partial charge in [-0.15, -0.1) is 0 Å². The van der Waals surface area contributed by atoms with Gasteiger partial charge >= 0.3 is 0 Å². The van der Waals surface area contributed by atoms with Crippen LogP contribution in [-0.2, 0) is 14.8 Å². The molecule has 1 saturated heterocycles. The molecule has 1 aromatic carbocycles. The summed E-state index contributed by atoms with van der Waals surface area (Å²) >= 11 is 5.86. The van der Waals surface area contributed by atoms with E-state index in [1.807, 2.05) is 0 Å². The van der Waals surface area contributed by atoms with Gasteiger partial charge < -0.3 is 14.6 Å². The van der Waals surface area contributed by atoms with Crippen molar-refractivity contribution in [1.29, 1.82) is 0 Å². The van der Waals surface area contributed by atoms with Crippen molar-refractivity contribution >= 4 is 27.6 Å². The zero-order chi connectivity index (χ0) is 15.6. The lowest BCUT2D eigenvalue weighted by atomic mass is 9.99. The van der Waals surface area contributed by atoms with Crippen LogP contribution in [0, 0.1) is 5.92 Å². The molecule has 0 atom stereocenters. The Kier molecular flexibility index (Phi) is 4.75. The molecule has 0 saturated carbocycles. The summed E-state index contributed by atoms with van der Waals surface area (Å²) in [5.41, 5.74) is 0. The zero-order valence-electron chi connectivity index (χ0n) is 11.4. The van der Waals surface area contributed by atoms with Crippen molar-refractivity contribution in [3.63, 3.8) is 0 Å². The van der Waals surface area contributed by atoms with E-state index in [4.69, 9.17) is 16.3 Å². The molecule has 0 N–H and O–H groups in total. The Morgan fingerprint density at radius 3 is 2.52 bits per heavy atom. The number of aliphatic carboxylic acids is 1. The lowest BCUT2D eigenvalue weighted by Gasteiger charge is -2.31. The zero-order valence-corrected chi connectivity index (χ0v) is 13.0. The third-order valence-corrected chi connectivity index (χ3v) is 5.69. The molecule has 21 heavy (non-hydrogen) atoms. The van der Waals surface area contributed by atoms with E-state index in [-0.39, 0.29) is 36.6 Å². The molecular weight excluding hydrogens is 318 g/mol. The van der Waals surface area contributed by atoms with Gasteiger partial charge in [-0.25, -0.2) is 8.42 Å². The first-order valence-corrected chi connectivity index (χ1v) is 8.22. The molecule has 1 aliphatic rings. The second-order valence-corrected chi connectivity index (χ2v) is 7.14. The third-order valence-electron chi connectivity index (χ3n) is 3.53. The third kappa shape index (κ3) is 3.30. The second-order valence-electron chi connectivity index (χ2n) is 4.79. The summed E-state index contributed by atoms with van der Waals surface area (Å²) in [6.45, 7) is 0.271. The number of carboxylic acids is 1. The van der Waals surface area contributed by atoms with Crippen LogP contribution in [0.25, 0.3) is 0 Å². The maximum atomic E-state index is 12.6. The molecule has 6 nitrogen and oxygen atoms in total. The fraction of sp³-hybridized carbons (Fsp3) is 0.462. The topological polar surface area (TPSA) is 86.7 Å². The Bertz CT molecular complexity index is 638. The van der Waals surface area contributed by atoms with Gasteiger partial charge in [0.1, 0.15) is 10.6 Å². The van der Waals surface area contributed by atoms with Gasteiger partial charge in [-0.3, -0.25) is 0 Å². The van der Waals surface area contributed by atoms with Crippen LogP contribution in [0.5, 0.6) is 5.75 Å². The Labute approximate surface area is 128 Å². The molecule has 0 amide bonds. The van der Waals surface area contributed by atoms with E-state index >= 15 is 0 Å². The molecule has 0 aliphatic carbocycles. The van der Waals surface area contributed by atoms with E-state index < -0.39 is 21.9 Å². The van der Waals surface area contributed by atoms with Crippen molar-refractivity contribution in [3.05, 3.63) is 23.2 Å². The number of methoxy groups -OCH3 is 1. The molecule has 0 aromatic heterocycles. The summed E-state index contributed by atoms with van der Waals surface area (Å²) in [6, 6.07) is 4.37. The van der Waals surface area contributed by atoms with Gasteiger partial charge in [-0.2, -0.15) is 4.31 Å². The first-order valence-electron chi connectivity index (χ1n) is 6.41. The lowest BCUT2D eigenvalue weighted by Crippen LogP contribution is -2.43. The highest BCUT2D eigenvalue weighted by Crippen LogP contribution is 2.31. The molecule has 116 valence electrons. The number of piperidine rings is 1. The normalized spacial score (nSPS) is 17.6. The average molecular weight is 333 g/mol. The summed E-state index contributed by atoms with van der Waals surface area (Å²) in [6.07, 6.45) is 0.481. The molecule has 0 bridgehead atoms. The Hall–Kier alpha value is -1.31. The highest BCUT2D eigenvalue weighted by Gasteiger charge is 2.31. The molecule has 0 spiro atoms. The molecular formula is C13H15ClNO5S-. The summed E-state index contributed by atoms with van der Waals surface area (Å²) in [5, 5.41) is 11.1. The second kappa shape index (κ2) is 6.21. The van der Waals surface area contributed by atoms with Gasteiger partial charge in [0.2, 0.25) is 10.0 Å². The van der Waals surface area contributed by atoms with Crippen LogP contribution >= 0.6 is 11.6 Å². The molecule has 1 heterocycles. The standard InChI is InChI=1S/C13H16ClNO5S/c1-20-11-3-2-10(14)8-12(11)21(18,19)15-6-4-9(5-7-15)13(16)17/h2-3,8-9H,4-7H2,1H3,(H,16,17)/p-1. The predicted octanol–water partition coefficient (Wildman–Crippen LogP) is 0.499. The fourth-order valence-corrected chi connectivity index (χ4v) is 4.21. The van der Waals surface area contributed by atoms with E-state index in [1.54, 1.807) is 6.07 Å². The number of carbonyl (C=O) groups excluding carboxylic acids is 1. The number of carbonyl (C=O) groups is 1. The average Bonchev–Trinajstić information content (AvgIpc) is 2.47. The quantitative estimate of drug-likeness (QED) is 0.801. The highest BCUT2D eigenvalue weighted by atomic mass is 35.5. The van der Waals surface area contributed by atoms with E-state index in [0.717, 1.165) is 0 Å². The van der Waals surface area contributed by atoms with Gasteiger partial charge in [0, 0.05) is 30.0 Å². The molecule has 1 aliphatic heterocycles. The minimum atomic E-state index is -3.77. The number of nitrogens with zero attached hydrogens (tertiary/aromatic N) is 1. The summed E-state index contributed by atoms with van der Waals surface area (Å²) in [5.74, 6) is -1.52. The van der Waals surface area contributed by atoms with Crippen molar-refractivity contribution < 1.29 is 23.1 Å². The SMILES string of the molecule is COc1ccc(Cl)cc1S(=O)(=O)N1CCC(C(=O)[O-])CC1. The molecule has 1 aromatic rings. The Morgan fingerprint density at radius 1 is 1.38 bits per heavy atom. The number of rotatable bonds is 4. The monoisotopic (exact) mass is 332 g/mol. The molecule has 2 rings (SSSR count). The van der Waals surface area contributed by atoms with Crippen molar-refractivity contribution in [2.75, 3.05) is 20.2 Å². The maximum absolute atomic E-state index is 12.6. The summed E-state index contributed by atoms with van der Waals surface area (Å²) in [7, 11) is -2.39. The molecule has 0 unspecified atom stereocenters. The smallest absolute Gasteiger partial charge is 0.246 e. The van der Waals surface area contributed by atoms with Crippen molar-refractivity contribution in [3.8, 4) is 5.75 Å². The number of hydrogen-bond donors (Lipinski definition) is 0. The molecule has 0 radical (unpaired) electrons. The number of benzene rings is 1. The van der Waals surface area contributed by atoms with Crippen LogP contribution in [0.2, 0.25) is 5.02 Å². The van der Waals surface area contributed by atoms with Gasteiger partial charge in [0.15, 0.2) is 0 Å². The van der Waals surface area contributed by atoms with Crippen molar-refractivity contribution in [2.45, 2.75) is 17.7 Å². The largest absolute Gasteiger partial charge is 0.550 e. The van der Waals surface area contributed by atoms with E-state index in [9.17, 15) is 18.3 Å². The van der Waals surface area contributed by atoms with Crippen molar-refractivity contribution in [1.82, 2.24) is 4.31 Å². The number of halogens is 1. The van der Waals surface area contributed by atoms with E-state index in [2.05, 4.69) is 0 Å². The van der Waals surface area contributed by atoms with Gasteiger partial charge in [0.25, 0.3) is 0 Å². The van der Waals surface area contributed by atoms with E-state index in [1.165, 1.54) is 23.5 Å². The number of carboxylic acid groups (broad SMARTS) is 1. The predicted molar refractivity (Wildman–Crippen MR) is 74.5 cm³/mol.